The summed E-state index contributed by atoms with van der Waals surface area (Å²) in [5.74, 6) is 0. The van der Waals surface area contributed by atoms with E-state index >= 15 is 0 Å². The Labute approximate surface area is 399 Å². The Morgan fingerprint density at radius 2 is 0.779 bits per heavy atom. The summed E-state index contributed by atoms with van der Waals surface area (Å²) >= 11 is 1.85. The minimum atomic E-state index is 1.07. The predicted octanol–water partition coefficient (Wildman–Crippen LogP) is 18.6. The molecule has 0 atom stereocenters. The second kappa shape index (κ2) is 16.6. The van der Waals surface area contributed by atoms with Gasteiger partial charge in [-0.3, -0.25) is 0 Å². The van der Waals surface area contributed by atoms with Gasteiger partial charge in [-0.15, -0.1) is 11.3 Å². The summed E-state index contributed by atoms with van der Waals surface area (Å²) in [4.78, 5) is 4.78. The number of para-hydroxylation sites is 2. The highest BCUT2D eigenvalue weighted by molar-refractivity contribution is 7.25. The first-order valence-corrected chi connectivity index (χ1v) is 24.0. The summed E-state index contributed by atoms with van der Waals surface area (Å²) in [6.45, 7) is 0. The molecule has 0 saturated heterocycles. The zero-order valence-corrected chi connectivity index (χ0v) is 37.9. The highest BCUT2D eigenvalue weighted by Gasteiger charge is 2.20. The van der Waals surface area contributed by atoms with Gasteiger partial charge in [0.1, 0.15) is 0 Å². The summed E-state index contributed by atoms with van der Waals surface area (Å²) in [6.07, 6.45) is 0. The fourth-order valence-corrected chi connectivity index (χ4v) is 11.2. The van der Waals surface area contributed by atoms with Crippen LogP contribution in [-0.2, 0) is 0 Å². The molecule has 3 nitrogen and oxygen atoms in total. The number of nitrogens with zero attached hydrogens (tertiary/aromatic N) is 3. The Kier molecular flexibility index (Phi) is 9.69. The van der Waals surface area contributed by atoms with E-state index in [0.29, 0.717) is 0 Å². The zero-order valence-electron chi connectivity index (χ0n) is 37.1. The van der Waals surface area contributed by atoms with E-state index < -0.39 is 0 Å². The second-order valence-corrected chi connectivity index (χ2v) is 18.5. The van der Waals surface area contributed by atoms with Crippen molar-refractivity contribution in [3.8, 4) is 27.9 Å². The Balaban J connectivity index is 0.934. The highest BCUT2D eigenvalue weighted by atomic mass is 32.1. The number of fused-ring (bicyclic) bond motifs is 7. The average Bonchev–Trinajstić information content (AvgIpc) is 3.95. The van der Waals surface area contributed by atoms with Gasteiger partial charge < -0.3 is 14.4 Å². The number of hydrogen-bond acceptors (Lipinski definition) is 3. The van der Waals surface area contributed by atoms with Gasteiger partial charge in [0.25, 0.3) is 0 Å². The van der Waals surface area contributed by atoms with Gasteiger partial charge in [-0.25, -0.2) is 0 Å². The summed E-state index contributed by atoms with van der Waals surface area (Å²) < 4.78 is 4.98. The summed E-state index contributed by atoms with van der Waals surface area (Å²) in [5.41, 5.74) is 14.8. The van der Waals surface area contributed by atoms with Crippen molar-refractivity contribution >= 4 is 98.2 Å². The van der Waals surface area contributed by atoms with Crippen LogP contribution in [0.5, 0.6) is 0 Å². The maximum atomic E-state index is 2.39. The molecule has 0 amide bonds. The maximum Gasteiger partial charge on any atom is 0.0547 e. The molecule has 11 aromatic carbocycles. The van der Waals surface area contributed by atoms with Crippen molar-refractivity contribution in [3.63, 3.8) is 0 Å². The van der Waals surface area contributed by atoms with Gasteiger partial charge in [0.15, 0.2) is 0 Å². The number of anilines is 6. The molecule has 13 aromatic rings. The molecule has 0 aliphatic rings. The molecule has 0 aliphatic heterocycles. The minimum absolute atomic E-state index is 1.07. The molecule has 0 N–H and O–H groups in total. The quantitative estimate of drug-likeness (QED) is 0.143. The fraction of sp³-hybridized carbons (Fsp3) is 0. The zero-order chi connectivity index (χ0) is 45.0. The van der Waals surface area contributed by atoms with Crippen LogP contribution in [0.3, 0.4) is 0 Å². The molecule has 68 heavy (non-hydrogen) atoms. The number of thiophene rings is 1. The van der Waals surface area contributed by atoms with E-state index in [0.717, 1.165) is 50.9 Å². The van der Waals surface area contributed by atoms with Crippen LogP contribution in [0.1, 0.15) is 0 Å². The molecule has 0 fully saturated rings. The molecule has 2 aromatic heterocycles. The van der Waals surface area contributed by atoms with E-state index in [9.17, 15) is 0 Å². The predicted molar refractivity (Wildman–Crippen MR) is 291 cm³/mol. The van der Waals surface area contributed by atoms with Crippen LogP contribution in [0.4, 0.5) is 34.1 Å². The SMILES string of the molecule is c1ccc(-c2ccc(N(c3ccc(N(c4cccc(-c5ccc6c7ccccc7n(-c7ccccc7)c6c5)c4)c4ccc5ccccc5c4)cc3)c3ccc4sc5ccccc5c4c3)cc2)cc1. The van der Waals surface area contributed by atoms with Crippen molar-refractivity contribution in [3.05, 3.63) is 261 Å². The van der Waals surface area contributed by atoms with Crippen LogP contribution >= 0.6 is 11.3 Å². The first-order valence-electron chi connectivity index (χ1n) is 23.2. The summed E-state index contributed by atoms with van der Waals surface area (Å²) in [5, 5.41) is 7.47. The molecule has 0 saturated carbocycles. The van der Waals surface area contributed by atoms with Crippen molar-refractivity contribution in [1.82, 2.24) is 4.57 Å². The number of aromatic nitrogens is 1. The van der Waals surface area contributed by atoms with Gasteiger partial charge in [0.2, 0.25) is 0 Å². The molecule has 320 valence electrons. The lowest BCUT2D eigenvalue weighted by Crippen LogP contribution is -2.12. The minimum Gasteiger partial charge on any atom is -0.310 e. The van der Waals surface area contributed by atoms with Crippen LogP contribution < -0.4 is 9.80 Å². The van der Waals surface area contributed by atoms with Gasteiger partial charge in [-0.2, -0.15) is 0 Å². The summed E-state index contributed by atoms with van der Waals surface area (Å²) in [6, 6.07) is 95.0. The number of rotatable bonds is 9. The molecule has 0 spiro atoms. The van der Waals surface area contributed by atoms with Crippen molar-refractivity contribution in [2.24, 2.45) is 0 Å². The van der Waals surface area contributed by atoms with Gasteiger partial charge in [0, 0.05) is 70.8 Å². The van der Waals surface area contributed by atoms with Crippen molar-refractivity contribution in [2.75, 3.05) is 9.80 Å². The topological polar surface area (TPSA) is 11.4 Å². The lowest BCUT2D eigenvalue weighted by Gasteiger charge is -2.29. The van der Waals surface area contributed by atoms with Gasteiger partial charge in [-0.05, 0) is 142 Å². The lowest BCUT2D eigenvalue weighted by atomic mass is 10.0. The Morgan fingerprint density at radius 1 is 0.265 bits per heavy atom. The molecular weight excluding hydrogens is 843 g/mol. The fourth-order valence-electron chi connectivity index (χ4n) is 10.1. The van der Waals surface area contributed by atoms with E-state index in [1.165, 1.54) is 63.9 Å². The summed E-state index contributed by atoms with van der Waals surface area (Å²) in [7, 11) is 0. The third-order valence-electron chi connectivity index (χ3n) is 13.3. The Morgan fingerprint density at radius 3 is 1.57 bits per heavy atom. The Bertz CT molecular complexity index is 3960. The second-order valence-electron chi connectivity index (χ2n) is 17.4. The van der Waals surface area contributed by atoms with Crippen molar-refractivity contribution < 1.29 is 0 Å². The molecule has 0 aliphatic carbocycles. The largest absolute Gasteiger partial charge is 0.310 e. The van der Waals surface area contributed by atoms with Crippen molar-refractivity contribution in [2.45, 2.75) is 0 Å². The highest BCUT2D eigenvalue weighted by Crippen LogP contribution is 2.44. The van der Waals surface area contributed by atoms with Gasteiger partial charge in [0.05, 0.1) is 11.0 Å². The molecule has 13 rings (SSSR count). The third-order valence-corrected chi connectivity index (χ3v) is 14.5. The van der Waals surface area contributed by atoms with E-state index in [2.05, 4.69) is 275 Å². The molecular formula is C64H43N3S. The number of hydrogen-bond donors (Lipinski definition) is 0. The van der Waals surface area contributed by atoms with Crippen LogP contribution in [-0.4, -0.2) is 4.57 Å². The van der Waals surface area contributed by atoms with Crippen LogP contribution in [0.2, 0.25) is 0 Å². The molecule has 2 heterocycles. The average molecular weight is 886 g/mol. The monoisotopic (exact) mass is 885 g/mol. The van der Waals surface area contributed by atoms with Gasteiger partial charge in [-0.1, -0.05) is 152 Å². The molecule has 4 heteroatoms. The standard InChI is InChI=1S/C64H43N3S/c1-3-14-44(15-4-1)46-26-30-51(31-27-46)65(56-37-39-64-60(43-56)59-23-10-12-25-63(59)68-64)52-33-35-53(36-34-52)66(55-32-28-45-16-7-8-17-47(45)40-55)54-21-13-18-48(41-54)49-29-38-58-57-22-9-11-24-61(57)67(62(58)42-49)50-19-5-2-6-20-50/h1-43H. The molecule has 0 radical (unpaired) electrons. The first-order chi connectivity index (χ1) is 33.7. The normalized spacial score (nSPS) is 11.5. The molecule has 0 bridgehead atoms. The van der Waals surface area contributed by atoms with E-state index in [1.807, 2.05) is 11.3 Å². The maximum absolute atomic E-state index is 2.39. The van der Waals surface area contributed by atoms with Crippen LogP contribution in [0.15, 0.2) is 261 Å². The first kappa shape index (κ1) is 39.6. The number of benzene rings is 11. The Hall–Kier alpha value is -8.70. The van der Waals surface area contributed by atoms with E-state index in [4.69, 9.17) is 0 Å². The van der Waals surface area contributed by atoms with E-state index in [1.54, 1.807) is 0 Å². The van der Waals surface area contributed by atoms with Gasteiger partial charge >= 0.3 is 0 Å². The third kappa shape index (κ3) is 6.98. The van der Waals surface area contributed by atoms with Crippen LogP contribution in [0, 0.1) is 0 Å². The van der Waals surface area contributed by atoms with E-state index in [-0.39, 0.29) is 0 Å². The smallest absolute Gasteiger partial charge is 0.0547 e. The van der Waals surface area contributed by atoms with Crippen LogP contribution in [0.25, 0.3) is 80.7 Å². The van der Waals surface area contributed by atoms with Crippen molar-refractivity contribution in [1.29, 1.82) is 0 Å². The lowest BCUT2D eigenvalue weighted by molar-refractivity contribution is 1.18. The molecule has 0 unspecified atom stereocenters.